The third-order valence-corrected chi connectivity index (χ3v) is 6.33. The summed E-state index contributed by atoms with van der Waals surface area (Å²) in [5.74, 6) is -1.27. The number of hydrogen-bond acceptors (Lipinski definition) is 10. The highest BCUT2D eigenvalue weighted by Crippen LogP contribution is 2.21. The van der Waals surface area contributed by atoms with E-state index in [2.05, 4.69) is 25.2 Å². The highest BCUT2D eigenvalue weighted by molar-refractivity contribution is 7.93. The topological polar surface area (TPSA) is 153 Å². The number of fused-ring (bicyclic) bond motifs is 1. The van der Waals surface area contributed by atoms with Crippen LogP contribution in [0.5, 0.6) is 0 Å². The lowest BCUT2D eigenvalue weighted by atomic mass is 10.2. The molecular formula is C19H15N5O6S2. The van der Waals surface area contributed by atoms with Crippen LogP contribution in [0, 0.1) is 6.92 Å². The van der Waals surface area contributed by atoms with Gasteiger partial charge in [0, 0.05) is 5.69 Å². The van der Waals surface area contributed by atoms with Gasteiger partial charge < -0.3 is 14.5 Å². The second kappa shape index (κ2) is 8.72. The van der Waals surface area contributed by atoms with Crippen molar-refractivity contribution in [2.24, 2.45) is 0 Å². The Kier molecular flexibility index (Phi) is 5.83. The predicted molar refractivity (Wildman–Crippen MR) is 115 cm³/mol. The summed E-state index contributed by atoms with van der Waals surface area (Å²) in [6.45, 7) is 1.19. The van der Waals surface area contributed by atoms with Crippen LogP contribution in [-0.4, -0.2) is 42.1 Å². The summed E-state index contributed by atoms with van der Waals surface area (Å²) in [5.41, 5.74) is 1.58. The number of carbonyl (C=O) groups is 2. The molecule has 0 atom stereocenters. The molecule has 0 saturated carbocycles. The minimum Gasteiger partial charge on any atom is -0.452 e. The van der Waals surface area contributed by atoms with Crippen molar-refractivity contribution in [3.8, 4) is 0 Å². The summed E-state index contributed by atoms with van der Waals surface area (Å²) >= 11 is 1.11. The maximum Gasteiger partial charge on any atom is 0.338 e. The van der Waals surface area contributed by atoms with Gasteiger partial charge in [-0.3, -0.25) is 9.52 Å². The van der Waals surface area contributed by atoms with E-state index in [1.807, 2.05) is 0 Å². The van der Waals surface area contributed by atoms with Crippen molar-refractivity contribution < 1.29 is 27.2 Å². The number of rotatable bonds is 7. The van der Waals surface area contributed by atoms with Gasteiger partial charge in [-0.25, -0.2) is 18.2 Å². The van der Waals surface area contributed by atoms with Crippen molar-refractivity contribution in [1.82, 2.24) is 15.2 Å². The summed E-state index contributed by atoms with van der Waals surface area (Å²) in [7, 11) is -3.84. The predicted octanol–water partition coefficient (Wildman–Crippen LogP) is 2.58. The number of benzene rings is 2. The van der Waals surface area contributed by atoms with Crippen LogP contribution < -0.4 is 10.0 Å². The van der Waals surface area contributed by atoms with E-state index in [0.29, 0.717) is 21.8 Å². The fourth-order valence-electron chi connectivity index (χ4n) is 2.63. The quantitative estimate of drug-likeness (QED) is 0.385. The van der Waals surface area contributed by atoms with E-state index in [1.54, 1.807) is 13.0 Å². The van der Waals surface area contributed by atoms with Crippen LogP contribution in [0.4, 0.5) is 10.8 Å². The molecule has 164 valence electrons. The molecule has 0 spiro atoms. The number of ether oxygens (including phenoxy) is 1. The molecule has 2 heterocycles. The average Bonchev–Trinajstić information content (AvgIpc) is 3.40. The zero-order valence-electron chi connectivity index (χ0n) is 16.4. The maximum absolute atomic E-state index is 12.4. The van der Waals surface area contributed by atoms with Gasteiger partial charge in [-0.15, -0.1) is 10.2 Å². The first-order chi connectivity index (χ1) is 15.3. The van der Waals surface area contributed by atoms with Gasteiger partial charge in [0.1, 0.15) is 10.5 Å². The molecule has 0 unspecified atom stereocenters. The monoisotopic (exact) mass is 473 g/mol. The minimum atomic E-state index is -3.84. The standard InChI is InChI=1S/C19H15N5O6S2/c1-11-22-23-19(31-11)24-32(27,28)14-5-3-13(4-6-14)21-17(25)9-29-18(26)12-2-7-16-15(8-12)20-10-30-16/h2-8,10H,9H2,1H3,(H,21,25)(H,23,24). The molecule has 0 bridgehead atoms. The van der Waals surface area contributed by atoms with Crippen LogP contribution >= 0.6 is 11.3 Å². The van der Waals surface area contributed by atoms with Gasteiger partial charge >= 0.3 is 5.97 Å². The van der Waals surface area contributed by atoms with Crippen LogP contribution in [0.2, 0.25) is 0 Å². The molecular weight excluding hydrogens is 458 g/mol. The van der Waals surface area contributed by atoms with E-state index in [4.69, 9.17) is 9.15 Å². The summed E-state index contributed by atoms with van der Waals surface area (Å²) in [6.07, 6.45) is 1.26. The number of nitrogens with zero attached hydrogens (tertiary/aromatic N) is 3. The zero-order chi connectivity index (χ0) is 22.7. The number of hydrogen-bond donors (Lipinski definition) is 2. The van der Waals surface area contributed by atoms with E-state index < -0.39 is 28.5 Å². The second-order valence-corrected chi connectivity index (χ2v) is 9.28. The molecule has 0 aliphatic heterocycles. The number of nitrogens with one attached hydrogen (secondary N) is 2. The van der Waals surface area contributed by atoms with Gasteiger partial charge in [0.25, 0.3) is 15.9 Å². The molecule has 4 aromatic rings. The Labute approximate surface area is 185 Å². The van der Waals surface area contributed by atoms with E-state index in [9.17, 15) is 18.0 Å². The molecule has 4 rings (SSSR count). The molecule has 2 aromatic heterocycles. The van der Waals surface area contributed by atoms with E-state index >= 15 is 0 Å². The molecule has 2 aromatic carbocycles. The summed E-state index contributed by atoms with van der Waals surface area (Å²) in [6, 6.07) is 10.1. The number of carbonyl (C=O) groups excluding carboxylic acids is 2. The highest BCUT2D eigenvalue weighted by atomic mass is 32.2. The summed E-state index contributed by atoms with van der Waals surface area (Å²) < 4.78 is 37.2. The molecule has 0 aliphatic rings. The van der Waals surface area contributed by atoms with Gasteiger partial charge in [-0.1, -0.05) is 11.3 Å². The Balaban J connectivity index is 1.32. The largest absolute Gasteiger partial charge is 0.452 e. The molecule has 2 N–H and O–H groups in total. The van der Waals surface area contributed by atoms with Crippen molar-refractivity contribution >= 4 is 55.2 Å². The Hall–Kier alpha value is -3.84. The average molecular weight is 473 g/mol. The minimum absolute atomic E-state index is 0.0157. The third-order valence-electron chi connectivity index (χ3n) is 4.10. The van der Waals surface area contributed by atoms with Crippen molar-refractivity contribution in [2.45, 2.75) is 11.8 Å². The van der Waals surface area contributed by atoms with Crippen molar-refractivity contribution in [3.63, 3.8) is 0 Å². The van der Waals surface area contributed by atoms with Gasteiger partial charge in [0.15, 0.2) is 18.6 Å². The van der Waals surface area contributed by atoms with Gasteiger partial charge in [-0.05, 0) is 49.4 Å². The Morgan fingerprint density at radius 2 is 1.91 bits per heavy atom. The first-order valence-electron chi connectivity index (χ1n) is 9.03. The second-order valence-electron chi connectivity index (χ2n) is 6.42. The number of aryl methyl sites for hydroxylation is 1. The number of esters is 1. The number of sulfonamides is 1. The number of anilines is 2. The molecule has 32 heavy (non-hydrogen) atoms. The van der Waals surface area contributed by atoms with Gasteiger partial charge in [0.2, 0.25) is 5.13 Å². The normalized spacial score (nSPS) is 11.3. The van der Waals surface area contributed by atoms with Crippen molar-refractivity contribution in [2.75, 3.05) is 16.6 Å². The Morgan fingerprint density at radius 1 is 1.12 bits per heavy atom. The van der Waals surface area contributed by atoms with E-state index in [-0.39, 0.29) is 15.6 Å². The number of oxazole rings is 1. The Bertz CT molecular complexity index is 1400. The molecule has 0 fully saturated rings. The lowest BCUT2D eigenvalue weighted by molar-refractivity contribution is -0.119. The SMILES string of the molecule is Cc1nnc(NS(=O)(=O)c2ccc(NC(=O)COC(=O)c3ccc4ocnc4c3)cc2)s1. The highest BCUT2D eigenvalue weighted by Gasteiger charge is 2.17. The van der Waals surface area contributed by atoms with Gasteiger partial charge in [0.05, 0.1) is 10.5 Å². The smallest absolute Gasteiger partial charge is 0.338 e. The van der Waals surface area contributed by atoms with E-state index in [0.717, 1.165) is 11.3 Å². The first kappa shape index (κ1) is 21.4. The van der Waals surface area contributed by atoms with Crippen LogP contribution in [0.3, 0.4) is 0 Å². The molecule has 11 nitrogen and oxygen atoms in total. The maximum atomic E-state index is 12.4. The fraction of sp³-hybridized carbons (Fsp3) is 0.105. The fourth-order valence-corrected chi connectivity index (χ4v) is 4.45. The van der Waals surface area contributed by atoms with Gasteiger partial charge in [-0.2, -0.15) is 0 Å². The zero-order valence-corrected chi connectivity index (χ0v) is 18.1. The van der Waals surface area contributed by atoms with Crippen LogP contribution in [0.1, 0.15) is 15.4 Å². The molecule has 0 radical (unpaired) electrons. The van der Waals surface area contributed by atoms with Crippen molar-refractivity contribution in [1.29, 1.82) is 0 Å². The number of amides is 1. The molecule has 1 amide bonds. The number of aromatic nitrogens is 3. The van der Waals surface area contributed by atoms with Crippen LogP contribution in [0.25, 0.3) is 11.1 Å². The molecule has 13 heteroatoms. The van der Waals surface area contributed by atoms with Crippen LogP contribution in [0.15, 0.2) is 58.2 Å². The lowest BCUT2D eigenvalue weighted by Gasteiger charge is -2.08. The molecule has 0 saturated heterocycles. The summed E-state index contributed by atoms with van der Waals surface area (Å²) in [5, 5.41) is 10.8. The lowest BCUT2D eigenvalue weighted by Crippen LogP contribution is -2.21. The van der Waals surface area contributed by atoms with Crippen molar-refractivity contribution in [3.05, 3.63) is 59.4 Å². The third kappa shape index (κ3) is 4.90. The summed E-state index contributed by atoms with van der Waals surface area (Å²) in [4.78, 5) is 28.2. The van der Waals surface area contributed by atoms with E-state index in [1.165, 1.54) is 42.8 Å². The Morgan fingerprint density at radius 3 is 2.62 bits per heavy atom. The van der Waals surface area contributed by atoms with Crippen LogP contribution in [-0.2, 0) is 19.6 Å². The first-order valence-corrected chi connectivity index (χ1v) is 11.3. The molecule has 0 aliphatic carbocycles.